The molecular formula is C18H20N4O. The molecule has 5 heteroatoms. The minimum atomic E-state index is 0.219. The van der Waals surface area contributed by atoms with Crippen LogP contribution in [0.3, 0.4) is 0 Å². The maximum atomic E-state index is 10.1. The Hall–Kier alpha value is -2.30. The second-order valence-electron chi connectivity index (χ2n) is 7.15. The molecule has 2 aromatic rings. The second kappa shape index (κ2) is 4.60. The zero-order chi connectivity index (χ0) is 15.6. The van der Waals surface area contributed by atoms with Crippen molar-refractivity contribution < 1.29 is 5.11 Å². The Morgan fingerprint density at radius 2 is 2.04 bits per heavy atom. The molecule has 2 saturated carbocycles. The van der Waals surface area contributed by atoms with Gasteiger partial charge in [0.2, 0.25) is 0 Å². The van der Waals surface area contributed by atoms with Gasteiger partial charge in [-0.3, -0.25) is 0 Å². The number of hydrogen-bond acceptors (Lipinski definition) is 5. The summed E-state index contributed by atoms with van der Waals surface area (Å²) < 4.78 is 0. The molecule has 3 fully saturated rings. The zero-order valence-electron chi connectivity index (χ0n) is 12.9. The molecule has 2 heterocycles. The van der Waals surface area contributed by atoms with Gasteiger partial charge in [-0.2, -0.15) is 0 Å². The number of aromatic hydroxyl groups is 1. The Morgan fingerprint density at radius 3 is 2.91 bits per heavy atom. The number of fused-ring (bicyclic) bond motifs is 1. The number of hydrogen-bond donors (Lipinski definition) is 2. The maximum absolute atomic E-state index is 10.1. The van der Waals surface area contributed by atoms with Crippen LogP contribution in [0.15, 0.2) is 30.3 Å². The van der Waals surface area contributed by atoms with Crippen molar-refractivity contribution in [1.29, 1.82) is 0 Å². The van der Waals surface area contributed by atoms with E-state index in [1.165, 1.54) is 12.8 Å². The highest BCUT2D eigenvalue weighted by Crippen LogP contribution is 2.67. The number of benzene rings is 1. The van der Waals surface area contributed by atoms with Crippen LogP contribution in [0.2, 0.25) is 0 Å². The highest BCUT2D eigenvalue weighted by molar-refractivity contribution is 5.74. The lowest BCUT2D eigenvalue weighted by atomic mass is 9.85. The number of para-hydroxylation sites is 1. The standard InChI is InChI=1S/C18H20N4O/c19-18-15(22-6-5-11-13-7-10(9-22)17(11)13)8-14(20-21-18)12-3-1-2-4-16(12)23/h1-4,8,10-11,13,17,23H,5-7,9H2,(H2,19,21). The number of rotatable bonds is 2. The lowest BCUT2D eigenvalue weighted by Gasteiger charge is -2.33. The monoisotopic (exact) mass is 308 g/mol. The molecule has 1 aromatic heterocycles. The van der Waals surface area contributed by atoms with E-state index in [1.807, 2.05) is 18.2 Å². The summed E-state index contributed by atoms with van der Waals surface area (Å²) in [4.78, 5) is 2.38. The summed E-state index contributed by atoms with van der Waals surface area (Å²) in [6, 6.07) is 9.19. The van der Waals surface area contributed by atoms with Crippen LogP contribution < -0.4 is 10.6 Å². The zero-order valence-corrected chi connectivity index (χ0v) is 12.9. The van der Waals surface area contributed by atoms with E-state index in [0.717, 1.165) is 42.4 Å². The van der Waals surface area contributed by atoms with Crippen LogP contribution in [0.25, 0.3) is 11.3 Å². The summed E-state index contributed by atoms with van der Waals surface area (Å²) in [5.41, 5.74) is 8.45. The summed E-state index contributed by atoms with van der Waals surface area (Å²) in [5.74, 6) is 4.50. The van der Waals surface area contributed by atoms with Crippen LogP contribution in [-0.4, -0.2) is 28.4 Å². The lowest BCUT2D eigenvalue weighted by Crippen LogP contribution is -2.35. The van der Waals surface area contributed by atoms with Gasteiger partial charge in [-0.1, -0.05) is 12.1 Å². The molecule has 118 valence electrons. The molecule has 0 radical (unpaired) electrons. The summed E-state index contributed by atoms with van der Waals surface area (Å²) in [6.07, 6.45) is 2.65. The predicted octanol–water partition coefficient (Wildman–Crippen LogP) is 2.52. The van der Waals surface area contributed by atoms with Crippen molar-refractivity contribution in [3.05, 3.63) is 30.3 Å². The first-order valence-electron chi connectivity index (χ1n) is 8.39. The third-order valence-corrected chi connectivity index (χ3v) is 6.03. The van der Waals surface area contributed by atoms with E-state index in [9.17, 15) is 5.11 Å². The number of phenolic OH excluding ortho intramolecular Hbond substituents is 1. The van der Waals surface area contributed by atoms with Crippen LogP contribution in [0.5, 0.6) is 5.75 Å². The molecule has 3 aliphatic rings. The molecule has 4 unspecified atom stereocenters. The van der Waals surface area contributed by atoms with E-state index in [2.05, 4.69) is 15.1 Å². The number of nitrogens with zero attached hydrogens (tertiary/aromatic N) is 3. The summed E-state index contributed by atoms with van der Waals surface area (Å²) in [7, 11) is 0. The smallest absolute Gasteiger partial charge is 0.169 e. The molecule has 5 nitrogen and oxygen atoms in total. The van der Waals surface area contributed by atoms with Crippen molar-refractivity contribution >= 4 is 11.5 Å². The van der Waals surface area contributed by atoms with Gasteiger partial charge in [0.15, 0.2) is 5.82 Å². The van der Waals surface area contributed by atoms with Crippen LogP contribution >= 0.6 is 0 Å². The average Bonchev–Trinajstić information content (AvgIpc) is 3.14. The normalized spacial score (nSPS) is 31.0. The van der Waals surface area contributed by atoms with Gasteiger partial charge >= 0.3 is 0 Å². The molecule has 1 aliphatic heterocycles. The van der Waals surface area contributed by atoms with E-state index in [0.29, 0.717) is 17.1 Å². The molecule has 2 aliphatic carbocycles. The predicted molar refractivity (Wildman–Crippen MR) is 89.0 cm³/mol. The van der Waals surface area contributed by atoms with E-state index in [-0.39, 0.29) is 5.75 Å². The molecule has 4 atom stereocenters. The van der Waals surface area contributed by atoms with Crippen molar-refractivity contribution in [2.24, 2.45) is 23.7 Å². The maximum Gasteiger partial charge on any atom is 0.169 e. The SMILES string of the molecule is Nc1nnc(-c2ccccc2O)cc1N1CCC2C3CC(C1)C23. The topological polar surface area (TPSA) is 75.3 Å². The fourth-order valence-corrected chi connectivity index (χ4v) is 4.78. The first kappa shape index (κ1) is 13.2. The average molecular weight is 308 g/mol. The van der Waals surface area contributed by atoms with E-state index in [4.69, 9.17) is 5.73 Å². The number of aromatic nitrogens is 2. The van der Waals surface area contributed by atoms with Crippen LogP contribution in [0.1, 0.15) is 12.8 Å². The molecule has 1 aromatic carbocycles. The third-order valence-electron chi connectivity index (χ3n) is 6.03. The van der Waals surface area contributed by atoms with Gasteiger partial charge in [-0.15, -0.1) is 10.2 Å². The number of phenols is 1. The second-order valence-corrected chi connectivity index (χ2v) is 7.15. The Bertz CT molecular complexity index is 773. The quantitative estimate of drug-likeness (QED) is 0.891. The fraction of sp³-hybridized carbons (Fsp3) is 0.444. The third kappa shape index (κ3) is 1.92. The van der Waals surface area contributed by atoms with Gasteiger partial charge < -0.3 is 15.7 Å². The van der Waals surface area contributed by atoms with Crippen molar-refractivity contribution in [3.63, 3.8) is 0 Å². The van der Waals surface area contributed by atoms with Crippen LogP contribution in [0, 0.1) is 23.7 Å². The van der Waals surface area contributed by atoms with E-state index in [1.54, 1.807) is 12.1 Å². The highest BCUT2D eigenvalue weighted by atomic mass is 16.3. The Balaban J connectivity index is 1.50. The first-order chi connectivity index (χ1) is 11.2. The van der Waals surface area contributed by atoms with Crippen LogP contribution in [-0.2, 0) is 0 Å². The van der Waals surface area contributed by atoms with Gasteiger partial charge in [0.1, 0.15) is 5.75 Å². The summed E-state index contributed by atoms with van der Waals surface area (Å²) >= 11 is 0. The summed E-state index contributed by atoms with van der Waals surface area (Å²) in [5, 5.41) is 18.4. The van der Waals surface area contributed by atoms with Crippen molar-refractivity contribution in [1.82, 2.24) is 10.2 Å². The van der Waals surface area contributed by atoms with Gasteiger partial charge in [-0.05, 0) is 54.7 Å². The Labute approximate surface area is 135 Å². The van der Waals surface area contributed by atoms with Crippen molar-refractivity contribution in [2.75, 3.05) is 23.7 Å². The molecule has 0 amide bonds. The lowest BCUT2D eigenvalue weighted by molar-refractivity contribution is 0.293. The molecule has 5 rings (SSSR count). The van der Waals surface area contributed by atoms with Gasteiger partial charge in [-0.25, -0.2) is 0 Å². The van der Waals surface area contributed by atoms with Crippen LogP contribution in [0.4, 0.5) is 11.5 Å². The van der Waals surface area contributed by atoms with Gasteiger partial charge in [0.05, 0.1) is 11.4 Å². The van der Waals surface area contributed by atoms with E-state index < -0.39 is 0 Å². The van der Waals surface area contributed by atoms with E-state index >= 15 is 0 Å². The number of nitrogens with two attached hydrogens (primary N) is 1. The number of anilines is 2. The van der Waals surface area contributed by atoms with Crippen molar-refractivity contribution in [2.45, 2.75) is 12.8 Å². The molecule has 0 bridgehead atoms. The first-order valence-corrected chi connectivity index (χ1v) is 8.39. The van der Waals surface area contributed by atoms with Gasteiger partial charge in [0.25, 0.3) is 0 Å². The van der Waals surface area contributed by atoms with Gasteiger partial charge in [0, 0.05) is 18.7 Å². The Morgan fingerprint density at radius 1 is 1.17 bits per heavy atom. The molecule has 23 heavy (non-hydrogen) atoms. The fourth-order valence-electron chi connectivity index (χ4n) is 4.78. The van der Waals surface area contributed by atoms with Crippen molar-refractivity contribution in [3.8, 4) is 17.0 Å². The molecular weight excluding hydrogens is 288 g/mol. The largest absolute Gasteiger partial charge is 0.507 e. The minimum absolute atomic E-state index is 0.219. The molecule has 0 spiro atoms. The minimum Gasteiger partial charge on any atom is -0.507 e. The highest BCUT2D eigenvalue weighted by Gasteiger charge is 2.63. The molecule has 3 N–H and O–H groups in total. The Kier molecular flexibility index (Phi) is 2.63. The molecule has 1 saturated heterocycles. The number of nitrogen functional groups attached to an aromatic ring is 1. The summed E-state index contributed by atoms with van der Waals surface area (Å²) in [6.45, 7) is 2.12.